The van der Waals surface area contributed by atoms with Gasteiger partial charge < -0.3 is 14.2 Å². The van der Waals surface area contributed by atoms with E-state index in [1.54, 1.807) is 37.4 Å². The summed E-state index contributed by atoms with van der Waals surface area (Å²) in [5.74, 6) is 0.570. The molecule has 0 aliphatic carbocycles. The fourth-order valence-corrected chi connectivity index (χ4v) is 1.87. The minimum atomic E-state index is -0.411. The maximum Gasteiger partial charge on any atom is 0.343 e. The highest BCUT2D eigenvalue weighted by molar-refractivity contribution is 5.91. The summed E-state index contributed by atoms with van der Waals surface area (Å²) in [4.78, 5) is 12.1. The maximum atomic E-state index is 12.1. The molecule has 0 heterocycles. The summed E-state index contributed by atoms with van der Waals surface area (Å²) in [7, 11) is 1.63. The predicted octanol–water partition coefficient (Wildman–Crippen LogP) is 3.45. The van der Waals surface area contributed by atoms with E-state index >= 15 is 0 Å². The fourth-order valence-electron chi connectivity index (χ4n) is 1.87. The molecule has 2 aromatic carbocycles. The molecule has 0 aliphatic heterocycles. The molecule has 110 valence electrons. The minimum absolute atomic E-state index is 0.411. The van der Waals surface area contributed by atoms with Crippen LogP contribution in [0.1, 0.15) is 22.8 Å². The number of hydrogen-bond donors (Lipinski definition) is 0. The van der Waals surface area contributed by atoms with Gasteiger partial charge in [-0.15, -0.1) is 0 Å². The number of hydrogen-bond acceptors (Lipinski definition) is 4. The molecule has 0 bridgehead atoms. The second-order valence-electron chi connectivity index (χ2n) is 4.40. The average molecular weight is 286 g/mol. The Kier molecular flexibility index (Phi) is 5.35. The Bertz CT molecular complexity index is 590. The lowest BCUT2D eigenvalue weighted by atomic mass is 10.1. The Labute approximate surface area is 124 Å². The summed E-state index contributed by atoms with van der Waals surface area (Å²) in [6.45, 7) is 2.91. The van der Waals surface area contributed by atoms with Gasteiger partial charge in [-0.3, -0.25) is 0 Å². The third-order valence-electron chi connectivity index (χ3n) is 2.85. The number of rotatable bonds is 6. The van der Waals surface area contributed by atoms with Gasteiger partial charge in [0.1, 0.15) is 0 Å². The number of ether oxygens (including phenoxy) is 3. The van der Waals surface area contributed by atoms with Crippen LogP contribution in [-0.4, -0.2) is 19.7 Å². The van der Waals surface area contributed by atoms with Crippen LogP contribution in [0.2, 0.25) is 0 Å². The molecule has 0 atom stereocenters. The summed E-state index contributed by atoms with van der Waals surface area (Å²) in [6, 6.07) is 14.2. The number of benzene rings is 2. The first-order chi connectivity index (χ1) is 10.2. The van der Waals surface area contributed by atoms with Crippen LogP contribution in [0.4, 0.5) is 0 Å². The monoisotopic (exact) mass is 286 g/mol. The van der Waals surface area contributed by atoms with E-state index in [0.29, 0.717) is 30.3 Å². The highest BCUT2D eigenvalue weighted by Crippen LogP contribution is 2.27. The molecule has 0 aliphatic rings. The van der Waals surface area contributed by atoms with Crippen molar-refractivity contribution in [3.63, 3.8) is 0 Å². The summed E-state index contributed by atoms with van der Waals surface area (Å²) < 4.78 is 15.9. The second-order valence-corrected chi connectivity index (χ2v) is 4.40. The first-order valence-electron chi connectivity index (χ1n) is 6.76. The predicted molar refractivity (Wildman–Crippen MR) is 79.7 cm³/mol. The third-order valence-corrected chi connectivity index (χ3v) is 2.85. The van der Waals surface area contributed by atoms with E-state index in [1.165, 1.54) is 0 Å². The smallest absolute Gasteiger partial charge is 0.343 e. The standard InChI is InChI=1S/C17H18O4/c1-3-20-15-6-4-5-7-16(15)21-17(18)14-10-8-13(9-11-14)12-19-2/h4-11H,3,12H2,1-2H3. The van der Waals surface area contributed by atoms with E-state index in [-0.39, 0.29) is 0 Å². The molecule has 0 unspecified atom stereocenters. The Morgan fingerprint density at radius 1 is 1.00 bits per heavy atom. The van der Waals surface area contributed by atoms with Crippen molar-refractivity contribution in [1.29, 1.82) is 0 Å². The van der Waals surface area contributed by atoms with Crippen LogP contribution in [0.25, 0.3) is 0 Å². The van der Waals surface area contributed by atoms with Gasteiger partial charge >= 0.3 is 5.97 Å². The zero-order valence-electron chi connectivity index (χ0n) is 12.2. The molecule has 0 amide bonds. The molecule has 0 saturated heterocycles. The molecule has 0 saturated carbocycles. The second kappa shape index (κ2) is 7.45. The number of methoxy groups -OCH3 is 1. The molecule has 4 heteroatoms. The van der Waals surface area contributed by atoms with Crippen LogP contribution in [0.5, 0.6) is 11.5 Å². The van der Waals surface area contributed by atoms with Crippen molar-refractivity contribution in [2.45, 2.75) is 13.5 Å². The molecule has 4 nitrogen and oxygen atoms in total. The highest BCUT2D eigenvalue weighted by Gasteiger charge is 2.12. The Morgan fingerprint density at radius 3 is 2.29 bits per heavy atom. The van der Waals surface area contributed by atoms with Gasteiger partial charge in [0.05, 0.1) is 18.8 Å². The van der Waals surface area contributed by atoms with Crippen LogP contribution < -0.4 is 9.47 Å². The molecule has 0 aromatic heterocycles. The highest BCUT2D eigenvalue weighted by atomic mass is 16.6. The van der Waals surface area contributed by atoms with Gasteiger partial charge in [0.15, 0.2) is 11.5 Å². The fraction of sp³-hybridized carbons (Fsp3) is 0.235. The summed E-state index contributed by atoms with van der Waals surface area (Å²) >= 11 is 0. The number of carbonyl (C=O) groups excluding carboxylic acids is 1. The van der Waals surface area contributed by atoms with Crippen LogP contribution in [0, 0.1) is 0 Å². The molecule has 21 heavy (non-hydrogen) atoms. The Morgan fingerprint density at radius 2 is 1.67 bits per heavy atom. The van der Waals surface area contributed by atoms with Crippen LogP contribution >= 0.6 is 0 Å². The SMILES string of the molecule is CCOc1ccccc1OC(=O)c1ccc(COC)cc1. The van der Waals surface area contributed by atoms with Crippen LogP contribution in [0.3, 0.4) is 0 Å². The van der Waals surface area contributed by atoms with Crippen molar-refractivity contribution in [3.05, 3.63) is 59.7 Å². The molecule has 2 rings (SSSR count). The summed E-state index contributed by atoms with van der Waals surface area (Å²) in [5, 5.41) is 0. The number of esters is 1. The van der Waals surface area contributed by atoms with E-state index in [9.17, 15) is 4.79 Å². The minimum Gasteiger partial charge on any atom is -0.490 e. The van der Waals surface area contributed by atoms with Crippen LogP contribution in [-0.2, 0) is 11.3 Å². The van der Waals surface area contributed by atoms with Gasteiger partial charge in [0, 0.05) is 7.11 Å². The molecular weight excluding hydrogens is 268 g/mol. The van der Waals surface area contributed by atoms with Gasteiger partial charge in [-0.05, 0) is 36.8 Å². The normalized spacial score (nSPS) is 10.2. The van der Waals surface area contributed by atoms with Gasteiger partial charge in [0.2, 0.25) is 0 Å². The summed E-state index contributed by atoms with van der Waals surface area (Å²) in [5.41, 5.74) is 1.49. The van der Waals surface area contributed by atoms with Crippen molar-refractivity contribution in [2.24, 2.45) is 0 Å². The van der Waals surface area contributed by atoms with Crippen molar-refractivity contribution in [3.8, 4) is 11.5 Å². The molecule has 0 spiro atoms. The van der Waals surface area contributed by atoms with E-state index in [1.807, 2.05) is 25.1 Å². The molecule has 0 N–H and O–H groups in total. The topological polar surface area (TPSA) is 44.8 Å². The molecule has 2 aromatic rings. The number of carbonyl (C=O) groups is 1. The average Bonchev–Trinajstić information content (AvgIpc) is 2.50. The van der Waals surface area contributed by atoms with E-state index in [2.05, 4.69) is 0 Å². The van der Waals surface area contributed by atoms with Gasteiger partial charge in [-0.25, -0.2) is 4.79 Å². The molecule has 0 radical (unpaired) electrons. The van der Waals surface area contributed by atoms with Gasteiger partial charge in [-0.2, -0.15) is 0 Å². The van der Waals surface area contributed by atoms with Crippen molar-refractivity contribution in [2.75, 3.05) is 13.7 Å². The maximum absolute atomic E-state index is 12.1. The van der Waals surface area contributed by atoms with Crippen molar-refractivity contribution >= 4 is 5.97 Å². The molecule has 0 fully saturated rings. The van der Waals surface area contributed by atoms with Crippen LogP contribution in [0.15, 0.2) is 48.5 Å². The van der Waals surface area contributed by atoms with E-state index in [0.717, 1.165) is 5.56 Å². The largest absolute Gasteiger partial charge is 0.490 e. The van der Waals surface area contributed by atoms with Gasteiger partial charge in [-0.1, -0.05) is 24.3 Å². The first kappa shape index (κ1) is 15.1. The third kappa shape index (κ3) is 4.07. The van der Waals surface area contributed by atoms with Crippen molar-refractivity contribution < 1.29 is 19.0 Å². The van der Waals surface area contributed by atoms with E-state index in [4.69, 9.17) is 14.2 Å². The Hall–Kier alpha value is -2.33. The Balaban J connectivity index is 2.10. The van der Waals surface area contributed by atoms with Crippen molar-refractivity contribution in [1.82, 2.24) is 0 Å². The zero-order chi connectivity index (χ0) is 15.1. The first-order valence-corrected chi connectivity index (χ1v) is 6.76. The molecular formula is C17H18O4. The lowest BCUT2D eigenvalue weighted by Gasteiger charge is -2.10. The lowest BCUT2D eigenvalue weighted by molar-refractivity contribution is 0.0728. The summed E-state index contributed by atoms with van der Waals surface area (Å²) in [6.07, 6.45) is 0. The van der Waals surface area contributed by atoms with E-state index < -0.39 is 5.97 Å². The zero-order valence-corrected chi connectivity index (χ0v) is 12.2. The quantitative estimate of drug-likeness (QED) is 0.602. The lowest BCUT2D eigenvalue weighted by Crippen LogP contribution is -2.09. The van der Waals surface area contributed by atoms with Gasteiger partial charge in [0.25, 0.3) is 0 Å². The number of para-hydroxylation sites is 2.